The van der Waals surface area contributed by atoms with E-state index in [1.807, 2.05) is 0 Å². The number of rotatable bonds is 7. The van der Waals surface area contributed by atoms with Crippen molar-refractivity contribution in [2.45, 2.75) is 11.7 Å². The maximum Gasteiger partial charge on any atom is 0.289 e. The summed E-state index contributed by atoms with van der Waals surface area (Å²) in [5.74, 6) is -0.447. The number of carbonyl (C=O) groups excluding carboxylic acids is 1. The summed E-state index contributed by atoms with van der Waals surface area (Å²) in [4.78, 5) is 39.8. The lowest BCUT2D eigenvalue weighted by Gasteiger charge is -2.11. The molecule has 1 heterocycles. The SMILES string of the molecule is C=CCn1c(SCC(=O)Nc2ccc(Cl)c([N+](=O)[O-])c2)nc2ccccc2c1=O. The minimum Gasteiger partial charge on any atom is -0.325 e. The number of hydrogen-bond acceptors (Lipinski definition) is 6. The van der Waals surface area contributed by atoms with Gasteiger partial charge in [0.05, 0.1) is 21.6 Å². The fourth-order valence-electron chi connectivity index (χ4n) is 2.61. The van der Waals surface area contributed by atoms with Crippen LogP contribution in [0, 0.1) is 10.1 Å². The molecule has 3 rings (SSSR count). The predicted molar refractivity (Wildman–Crippen MR) is 114 cm³/mol. The Morgan fingerprint density at radius 2 is 2.10 bits per heavy atom. The van der Waals surface area contributed by atoms with Gasteiger partial charge in [0.15, 0.2) is 5.16 Å². The lowest BCUT2D eigenvalue weighted by molar-refractivity contribution is -0.384. The maximum atomic E-state index is 12.7. The molecule has 148 valence electrons. The number of nitro groups is 1. The van der Waals surface area contributed by atoms with E-state index in [1.165, 1.54) is 22.8 Å². The average molecular weight is 431 g/mol. The Morgan fingerprint density at radius 3 is 2.83 bits per heavy atom. The van der Waals surface area contributed by atoms with Crippen LogP contribution >= 0.6 is 23.4 Å². The van der Waals surface area contributed by atoms with Gasteiger partial charge in [-0.25, -0.2) is 4.98 Å². The van der Waals surface area contributed by atoms with E-state index in [0.717, 1.165) is 11.8 Å². The third kappa shape index (κ3) is 4.64. The fourth-order valence-corrected chi connectivity index (χ4v) is 3.60. The van der Waals surface area contributed by atoms with E-state index in [0.29, 0.717) is 16.1 Å². The standard InChI is InChI=1S/C19H15ClN4O4S/c1-2-9-23-18(26)13-5-3-4-6-15(13)22-19(23)29-11-17(25)21-12-7-8-14(20)16(10-12)24(27)28/h2-8,10H,1,9,11H2,(H,21,25). The summed E-state index contributed by atoms with van der Waals surface area (Å²) in [6.07, 6.45) is 1.58. The monoisotopic (exact) mass is 430 g/mol. The van der Waals surface area contributed by atoms with Crippen LogP contribution in [0.1, 0.15) is 0 Å². The first kappa shape index (κ1) is 20.6. The number of hydrogen-bond donors (Lipinski definition) is 1. The summed E-state index contributed by atoms with van der Waals surface area (Å²) in [5, 5.41) is 14.4. The van der Waals surface area contributed by atoms with Gasteiger partial charge in [-0.15, -0.1) is 6.58 Å². The van der Waals surface area contributed by atoms with Crippen LogP contribution in [-0.4, -0.2) is 26.1 Å². The number of fused-ring (bicyclic) bond motifs is 1. The Balaban J connectivity index is 1.80. The molecule has 0 aliphatic rings. The van der Waals surface area contributed by atoms with Gasteiger partial charge in [-0.3, -0.25) is 24.3 Å². The minimum atomic E-state index is -0.625. The first-order chi connectivity index (χ1) is 13.9. The molecule has 0 bridgehead atoms. The van der Waals surface area contributed by atoms with Crippen LogP contribution < -0.4 is 10.9 Å². The number of halogens is 1. The van der Waals surface area contributed by atoms with Crippen molar-refractivity contribution in [3.63, 3.8) is 0 Å². The number of carbonyl (C=O) groups is 1. The molecular weight excluding hydrogens is 416 g/mol. The molecule has 0 unspecified atom stereocenters. The number of nitrogens with zero attached hydrogens (tertiary/aromatic N) is 3. The number of nitrogens with one attached hydrogen (secondary N) is 1. The Bertz CT molecular complexity index is 1180. The zero-order valence-corrected chi connectivity index (χ0v) is 16.6. The molecule has 0 atom stereocenters. The van der Waals surface area contributed by atoms with Crippen molar-refractivity contribution in [1.29, 1.82) is 0 Å². The van der Waals surface area contributed by atoms with E-state index in [-0.39, 0.29) is 34.3 Å². The van der Waals surface area contributed by atoms with Crippen molar-refractivity contribution < 1.29 is 9.72 Å². The highest BCUT2D eigenvalue weighted by atomic mass is 35.5. The molecule has 1 amide bonds. The molecule has 8 nitrogen and oxygen atoms in total. The number of benzene rings is 2. The van der Waals surface area contributed by atoms with E-state index in [9.17, 15) is 19.7 Å². The Kier molecular flexibility index (Phi) is 6.30. The Morgan fingerprint density at radius 1 is 1.34 bits per heavy atom. The topological polar surface area (TPSA) is 107 Å². The van der Waals surface area contributed by atoms with E-state index in [4.69, 9.17) is 11.6 Å². The summed E-state index contributed by atoms with van der Waals surface area (Å²) in [6.45, 7) is 3.91. The Hall–Kier alpha value is -3.17. The molecule has 0 radical (unpaired) electrons. The predicted octanol–water partition coefficient (Wildman–Crippen LogP) is 3.87. The summed E-state index contributed by atoms with van der Waals surface area (Å²) < 4.78 is 1.44. The normalized spacial score (nSPS) is 10.7. The summed E-state index contributed by atoms with van der Waals surface area (Å²) in [6, 6.07) is 11.0. The molecular formula is C19H15ClN4O4S. The van der Waals surface area contributed by atoms with Gasteiger partial charge in [0.1, 0.15) is 5.02 Å². The van der Waals surface area contributed by atoms with Gasteiger partial charge in [0.2, 0.25) is 5.91 Å². The largest absolute Gasteiger partial charge is 0.325 e. The van der Waals surface area contributed by atoms with E-state index >= 15 is 0 Å². The van der Waals surface area contributed by atoms with E-state index in [2.05, 4.69) is 16.9 Å². The van der Waals surface area contributed by atoms with Gasteiger partial charge < -0.3 is 5.32 Å². The van der Waals surface area contributed by atoms with Crippen LogP contribution in [0.3, 0.4) is 0 Å². The number of aromatic nitrogens is 2. The Labute approximate surface area is 174 Å². The van der Waals surface area contributed by atoms with Crippen molar-refractivity contribution in [3.05, 3.63) is 80.6 Å². The van der Waals surface area contributed by atoms with Crippen LogP contribution in [0.4, 0.5) is 11.4 Å². The molecule has 0 aliphatic carbocycles. The van der Waals surface area contributed by atoms with Crippen molar-refractivity contribution in [2.24, 2.45) is 0 Å². The molecule has 0 saturated heterocycles. The highest BCUT2D eigenvalue weighted by Gasteiger charge is 2.15. The van der Waals surface area contributed by atoms with Gasteiger partial charge in [-0.05, 0) is 24.3 Å². The van der Waals surface area contributed by atoms with Gasteiger partial charge in [0, 0.05) is 18.3 Å². The van der Waals surface area contributed by atoms with Gasteiger partial charge in [-0.2, -0.15) is 0 Å². The van der Waals surface area contributed by atoms with Crippen LogP contribution in [-0.2, 0) is 11.3 Å². The quantitative estimate of drug-likeness (QED) is 0.200. The lowest BCUT2D eigenvalue weighted by Crippen LogP contribution is -2.23. The third-order valence-electron chi connectivity index (χ3n) is 3.90. The molecule has 0 aliphatic heterocycles. The second-order valence-electron chi connectivity index (χ2n) is 5.88. The summed E-state index contributed by atoms with van der Waals surface area (Å²) in [7, 11) is 0. The number of allylic oxidation sites excluding steroid dienone is 1. The van der Waals surface area contributed by atoms with Gasteiger partial charge in [0.25, 0.3) is 11.2 Å². The van der Waals surface area contributed by atoms with Crippen LogP contribution in [0.5, 0.6) is 0 Å². The lowest BCUT2D eigenvalue weighted by atomic mass is 10.2. The third-order valence-corrected chi connectivity index (χ3v) is 5.19. The minimum absolute atomic E-state index is 0.0174. The number of anilines is 1. The van der Waals surface area contributed by atoms with Crippen LogP contribution in [0.25, 0.3) is 10.9 Å². The number of thioether (sulfide) groups is 1. The first-order valence-corrected chi connectivity index (χ1v) is 9.74. The molecule has 1 aromatic heterocycles. The zero-order chi connectivity index (χ0) is 21.0. The fraction of sp³-hybridized carbons (Fsp3) is 0.105. The van der Waals surface area contributed by atoms with Crippen LogP contribution in [0.15, 0.2) is 65.1 Å². The van der Waals surface area contributed by atoms with Crippen molar-refractivity contribution >= 4 is 51.5 Å². The molecule has 0 spiro atoms. The smallest absolute Gasteiger partial charge is 0.289 e. The van der Waals surface area contributed by atoms with Crippen molar-refractivity contribution in [3.8, 4) is 0 Å². The zero-order valence-electron chi connectivity index (χ0n) is 15.0. The van der Waals surface area contributed by atoms with Gasteiger partial charge >= 0.3 is 0 Å². The maximum absolute atomic E-state index is 12.7. The highest BCUT2D eigenvalue weighted by Crippen LogP contribution is 2.27. The first-order valence-electron chi connectivity index (χ1n) is 8.37. The second-order valence-corrected chi connectivity index (χ2v) is 7.23. The van der Waals surface area contributed by atoms with E-state index < -0.39 is 10.8 Å². The molecule has 10 heteroatoms. The number of para-hydroxylation sites is 1. The molecule has 3 aromatic rings. The number of nitro benzene ring substituents is 1. The average Bonchev–Trinajstić information content (AvgIpc) is 2.70. The second kappa shape index (κ2) is 8.89. The van der Waals surface area contributed by atoms with Gasteiger partial charge in [-0.1, -0.05) is 41.6 Å². The molecule has 0 fully saturated rings. The molecule has 2 aromatic carbocycles. The molecule has 1 N–H and O–H groups in total. The number of amides is 1. The molecule has 29 heavy (non-hydrogen) atoms. The van der Waals surface area contributed by atoms with Crippen LogP contribution in [0.2, 0.25) is 5.02 Å². The van der Waals surface area contributed by atoms with Crippen molar-refractivity contribution in [1.82, 2.24) is 9.55 Å². The summed E-state index contributed by atoms with van der Waals surface area (Å²) in [5.41, 5.74) is 0.274. The summed E-state index contributed by atoms with van der Waals surface area (Å²) >= 11 is 6.86. The van der Waals surface area contributed by atoms with Crippen molar-refractivity contribution in [2.75, 3.05) is 11.1 Å². The molecule has 0 saturated carbocycles. The highest BCUT2D eigenvalue weighted by molar-refractivity contribution is 7.99. The van der Waals surface area contributed by atoms with E-state index in [1.54, 1.807) is 30.3 Å².